The molecular formula is C18H21N5O. The Bertz CT molecular complexity index is 906. The summed E-state index contributed by atoms with van der Waals surface area (Å²) in [5.74, 6) is 1.64. The van der Waals surface area contributed by atoms with Crippen molar-refractivity contribution in [1.29, 1.82) is 0 Å². The number of anilines is 2. The van der Waals surface area contributed by atoms with Crippen LogP contribution in [0.15, 0.2) is 41.2 Å². The standard InChI is InChI=1S/C18H21N5O/c1-11(2)14-5-7-15(8-6-14)20-16-9-13(4)22-23(16)18-19-12(3)10-17(24)21-18/h5-11,20H,1-4H3,(H,19,21,24). The minimum absolute atomic E-state index is 0.196. The summed E-state index contributed by atoms with van der Waals surface area (Å²) >= 11 is 0. The van der Waals surface area contributed by atoms with E-state index in [0.29, 0.717) is 17.6 Å². The highest BCUT2D eigenvalue weighted by atomic mass is 16.1. The zero-order valence-electron chi connectivity index (χ0n) is 14.3. The van der Waals surface area contributed by atoms with Gasteiger partial charge in [0.15, 0.2) is 0 Å². The van der Waals surface area contributed by atoms with Gasteiger partial charge in [-0.1, -0.05) is 26.0 Å². The number of nitrogens with one attached hydrogen (secondary N) is 2. The van der Waals surface area contributed by atoms with E-state index in [-0.39, 0.29) is 5.56 Å². The van der Waals surface area contributed by atoms with Crippen molar-refractivity contribution in [3.63, 3.8) is 0 Å². The zero-order chi connectivity index (χ0) is 17.3. The molecule has 0 saturated carbocycles. The van der Waals surface area contributed by atoms with Gasteiger partial charge < -0.3 is 5.32 Å². The van der Waals surface area contributed by atoms with Crippen molar-refractivity contribution in [3.05, 3.63) is 63.7 Å². The third-order valence-corrected chi connectivity index (χ3v) is 3.74. The summed E-state index contributed by atoms with van der Waals surface area (Å²) in [5, 5.41) is 7.76. The van der Waals surface area contributed by atoms with E-state index in [1.165, 1.54) is 11.6 Å². The number of H-pyrrole nitrogens is 1. The zero-order valence-corrected chi connectivity index (χ0v) is 14.3. The Kier molecular flexibility index (Phi) is 4.20. The van der Waals surface area contributed by atoms with Crippen LogP contribution in [0, 0.1) is 13.8 Å². The molecule has 0 spiro atoms. The highest BCUT2D eigenvalue weighted by Gasteiger charge is 2.11. The predicted molar refractivity (Wildman–Crippen MR) is 95.3 cm³/mol. The van der Waals surface area contributed by atoms with Crippen LogP contribution in [0.25, 0.3) is 5.95 Å². The molecule has 1 aromatic carbocycles. The fourth-order valence-electron chi connectivity index (χ4n) is 2.51. The minimum Gasteiger partial charge on any atom is -0.340 e. The Morgan fingerprint density at radius 2 is 1.79 bits per heavy atom. The number of hydrogen-bond acceptors (Lipinski definition) is 4. The van der Waals surface area contributed by atoms with Gasteiger partial charge in [-0.25, -0.2) is 4.98 Å². The summed E-state index contributed by atoms with van der Waals surface area (Å²) in [6.07, 6.45) is 0. The average molecular weight is 323 g/mol. The number of aryl methyl sites for hydroxylation is 2. The lowest BCUT2D eigenvalue weighted by Crippen LogP contribution is -2.15. The van der Waals surface area contributed by atoms with Crippen LogP contribution in [0.1, 0.15) is 36.7 Å². The van der Waals surface area contributed by atoms with Crippen LogP contribution < -0.4 is 10.9 Å². The highest BCUT2D eigenvalue weighted by Crippen LogP contribution is 2.22. The second-order valence-corrected chi connectivity index (χ2v) is 6.19. The number of nitrogens with zero attached hydrogens (tertiary/aromatic N) is 3. The lowest BCUT2D eigenvalue weighted by molar-refractivity contribution is 0.790. The predicted octanol–water partition coefficient (Wildman–Crippen LogP) is 3.44. The van der Waals surface area contributed by atoms with Crippen LogP contribution in [-0.4, -0.2) is 19.7 Å². The van der Waals surface area contributed by atoms with Gasteiger partial charge >= 0.3 is 0 Å². The van der Waals surface area contributed by atoms with E-state index in [2.05, 4.69) is 46.4 Å². The second-order valence-electron chi connectivity index (χ2n) is 6.19. The maximum Gasteiger partial charge on any atom is 0.252 e. The van der Waals surface area contributed by atoms with Gasteiger partial charge in [0.1, 0.15) is 5.82 Å². The molecule has 2 aromatic heterocycles. The van der Waals surface area contributed by atoms with E-state index < -0.39 is 0 Å². The number of aromatic amines is 1. The van der Waals surface area contributed by atoms with Crippen molar-refractivity contribution in [2.24, 2.45) is 0 Å². The topological polar surface area (TPSA) is 75.6 Å². The van der Waals surface area contributed by atoms with Crippen LogP contribution in [0.4, 0.5) is 11.5 Å². The minimum atomic E-state index is -0.196. The summed E-state index contributed by atoms with van der Waals surface area (Å²) in [7, 11) is 0. The largest absolute Gasteiger partial charge is 0.340 e. The molecule has 0 radical (unpaired) electrons. The Morgan fingerprint density at radius 3 is 2.42 bits per heavy atom. The summed E-state index contributed by atoms with van der Waals surface area (Å²) < 4.78 is 1.61. The maximum absolute atomic E-state index is 11.7. The molecule has 0 saturated heterocycles. The molecule has 3 aromatic rings. The molecule has 2 heterocycles. The van der Waals surface area contributed by atoms with Crippen LogP contribution in [0.3, 0.4) is 0 Å². The number of rotatable bonds is 4. The Hall–Kier alpha value is -2.89. The molecule has 3 rings (SSSR count). The molecule has 6 nitrogen and oxygen atoms in total. The lowest BCUT2D eigenvalue weighted by Gasteiger charge is -2.11. The van der Waals surface area contributed by atoms with Crippen LogP contribution in [0.5, 0.6) is 0 Å². The van der Waals surface area contributed by atoms with Crippen LogP contribution in [0.2, 0.25) is 0 Å². The highest BCUT2D eigenvalue weighted by molar-refractivity contribution is 5.58. The van der Waals surface area contributed by atoms with Gasteiger partial charge in [-0.15, -0.1) is 0 Å². The number of benzene rings is 1. The molecule has 0 bridgehead atoms. The quantitative estimate of drug-likeness (QED) is 0.771. The first kappa shape index (κ1) is 16.0. The van der Waals surface area contributed by atoms with E-state index in [9.17, 15) is 4.79 Å². The summed E-state index contributed by atoms with van der Waals surface area (Å²) in [4.78, 5) is 18.8. The van der Waals surface area contributed by atoms with Gasteiger partial charge in [-0.2, -0.15) is 9.78 Å². The van der Waals surface area contributed by atoms with Gasteiger partial charge in [-0.05, 0) is 37.5 Å². The van der Waals surface area contributed by atoms with E-state index in [0.717, 1.165) is 17.2 Å². The molecule has 2 N–H and O–H groups in total. The van der Waals surface area contributed by atoms with Gasteiger partial charge in [0.2, 0.25) is 5.95 Å². The maximum atomic E-state index is 11.7. The summed E-state index contributed by atoms with van der Waals surface area (Å²) in [6, 6.07) is 11.7. The molecule has 0 atom stereocenters. The Labute approximate surface area is 140 Å². The number of hydrogen-bond donors (Lipinski definition) is 2. The van der Waals surface area contributed by atoms with Gasteiger partial charge in [0.25, 0.3) is 5.56 Å². The molecule has 0 aliphatic heterocycles. The van der Waals surface area contributed by atoms with Gasteiger partial charge in [0.05, 0.1) is 5.69 Å². The van der Waals surface area contributed by atoms with Crippen LogP contribution >= 0.6 is 0 Å². The average Bonchev–Trinajstić information content (AvgIpc) is 2.87. The van der Waals surface area contributed by atoms with E-state index in [4.69, 9.17) is 0 Å². The van der Waals surface area contributed by atoms with Crippen molar-refractivity contribution < 1.29 is 0 Å². The first-order valence-corrected chi connectivity index (χ1v) is 7.94. The molecule has 0 aliphatic carbocycles. The van der Waals surface area contributed by atoms with Crippen molar-refractivity contribution >= 4 is 11.5 Å². The summed E-state index contributed by atoms with van der Waals surface area (Å²) in [5.41, 5.74) is 3.53. The smallest absolute Gasteiger partial charge is 0.252 e. The molecule has 0 unspecified atom stereocenters. The van der Waals surface area contributed by atoms with Gasteiger partial charge in [-0.3, -0.25) is 9.78 Å². The first-order valence-electron chi connectivity index (χ1n) is 7.94. The van der Waals surface area contributed by atoms with Crippen molar-refractivity contribution in [2.45, 2.75) is 33.6 Å². The lowest BCUT2D eigenvalue weighted by atomic mass is 10.0. The fourth-order valence-corrected chi connectivity index (χ4v) is 2.51. The monoisotopic (exact) mass is 323 g/mol. The van der Waals surface area contributed by atoms with Crippen molar-refractivity contribution in [3.8, 4) is 5.95 Å². The Morgan fingerprint density at radius 1 is 1.08 bits per heavy atom. The molecular weight excluding hydrogens is 302 g/mol. The Balaban J connectivity index is 1.96. The third-order valence-electron chi connectivity index (χ3n) is 3.74. The van der Waals surface area contributed by atoms with Crippen LogP contribution in [-0.2, 0) is 0 Å². The number of aromatic nitrogens is 4. The van der Waals surface area contributed by atoms with Gasteiger partial charge in [0, 0.05) is 23.5 Å². The summed E-state index contributed by atoms with van der Waals surface area (Å²) in [6.45, 7) is 8.02. The first-order chi connectivity index (χ1) is 11.4. The van der Waals surface area contributed by atoms with E-state index in [1.807, 2.05) is 25.1 Å². The van der Waals surface area contributed by atoms with E-state index >= 15 is 0 Å². The van der Waals surface area contributed by atoms with Crippen molar-refractivity contribution in [2.75, 3.05) is 5.32 Å². The second kappa shape index (κ2) is 6.31. The molecule has 0 amide bonds. The third kappa shape index (κ3) is 3.37. The molecule has 6 heteroatoms. The normalized spacial score (nSPS) is 11.0. The van der Waals surface area contributed by atoms with Crippen molar-refractivity contribution in [1.82, 2.24) is 19.7 Å². The SMILES string of the molecule is Cc1cc(=O)[nH]c(-n2nc(C)cc2Nc2ccc(C(C)C)cc2)n1. The molecule has 24 heavy (non-hydrogen) atoms. The van der Waals surface area contributed by atoms with E-state index in [1.54, 1.807) is 11.6 Å². The fraction of sp³-hybridized carbons (Fsp3) is 0.278. The molecule has 0 fully saturated rings. The molecule has 124 valence electrons. The molecule has 0 aliphatic rings.